The molecule has 0 radical (unpaired) electrons. The molecule has 3 rings (SSSR count). The van der Waals surface area contributed by atoms with E-state index in [0.717, 1.165) is 37.9 Å². The van der Waals surface area contributed by atoms with Gasteiger partial charge in [-0.15, -0.1) is 0 Å². The van der Waals surface area contributed by atoms with Crippen LogP contribution in [0, 0.1) is 11.8 Å². The zero-order valence-corrected chi connectivity index (χ0v) is 15.2. The fourth-order valence-corrected chi connectivity index (χ4v) is 4.39. The number of fused-ring (bicyclic) bond motifs is 1. The van der Waals surface area contributed by atoms with Gasteiger partial charge >= 0.3 is 6.18 Å². The van der Waals surface area contributed by atoms with E-state index in [-0.39, 0.29) is 11.4 Å². The average Bonchev–Trinajstić information content (AvgIpc) is 2.59. The molecule has 142 valence electrons. The van der Waals surface area contributed by atoms with Gasteiger partial charge in [0.2, 0.25) is 0 Å². The van der Waals surface area contributed by atoms with E-state index in [4.69, 9.17) is 4.74 Å². The molecule has 0 aliphatic heterocycles. The third-order valence-corrected chi connectivity index (χ3v) is 5.40. The van der Waals surface area contributed by atoms with Crippen molar-refractivity contribution in [3.63, 3.8) is 0 Å². The molecule has 1 fully saturated rings. The highest BCUT2D eigenvalue weighted by Gasteiger charge is 2.35. The molecular formula is C20H25F3N2O. The molecule has 26 heavy (non-hydrogen) atoms. The Bertz CT molecular complexity index is 747. The molecule has 1 aromatic heterocycles. The van der Waals surface area contributed by atoms with Crippen molar-refractivity contribution >= 4 is 11.0 Å². The van der Waals surface area contributed by atoms with Gasteiger partial charge in [-0.1, -0.05) is 13.0 Å². The summed E-state index contributed by atoms with van der Waals surface area (Å²) in [6.07, 6.45) is 3.66. The highest BCUT2D eigenvalue weighted by atomic mass is 19.4. The molecule has 2 aromatic rings. The molecule has 0 spiro atoms. The molecule has 1 aliphatic carbocycles. The van der Waals surface area contributed by atoms with E-state index in [2.05, 4.69) is 16.9 Å². The van der Waals surface area contributed by atoms with Crippen molar-refractivity contribution in [2.45, 2.75) is 51.1 Å². The van der Waals surface area contributed by atoms with Crippen LogP contribution in [0.3, 0.4) is 0 Å². The zero-order chi connectivity index (χ0) is 18.7. The Morgan fingerprint density at radius 1 is 1.08 bits per heavy atom. The first-order valence-electron chi connectivity index (χ1n) is 9.20. The van der Waals surface area contributed by atoms with E-state index in [1.54, 1.807) is 13.2 Å². The largest absolute Gasteiger partial charge is 0.418 e. The summed E-state index contributed by atoms with van der Waals surface area (Å²) in [6.45, 7) is 2.98. The number of benzene rings is 1. The van der Waals surface area contributed by atoms with Crippen LogP contribution in [0.5, 0.6) is 0 Å². The van der Waals surface area contributed by atoms with E-state index < -0.39 is 11.7 Å². The van der Waals surface area contributed by atoms with Crippen LogP contribution in [0.1, 0.15) is 56.1 Å². The van der Waals surface area contributed by atoms with Gasteiger partial charge in [0.25, 0.3) is 0 Å². The Labute approximate surface area is 152 Å². The summed E-state index contributed by atoms with van der Waals surface area (Å²) in [4.78, 5) is 8.28. The predicted octanol–water partition coefficient (Wildman–Crippen LogP) is 5.60. The predicted molar refractivity (Wildman–Crippen MR) is 94.9 cm³/mol. The SMILES string of the molecule is COCCC[C@H]1C[C@@H](C)C[C@@H](c2ccc(C(F)(F)F)c3nccnc23)C1. The summed E-state index contributed by atoms with van der Waals surface area (Å²) in [7, 11) is 1.71. The number of alkyl halides is 3. The van der Waals surface area contributed by atoms with Crippen LogP contribution in [0.2, 0.25) is 0 Å². The normalized spacial score (nSPS) is 24.1. The number of aromatic nitrogens is 2. The molecule has 1 aromatic carbocycles. The molecule has 0 bridgehead atoms. The van der Waals surface area contributed by atoms with Crippen LogP contribution < -0.4 is 0 Å². The molecule has 6 heteroatoms. The molecule has 1 aliphatic rings. The average molecular weight is 366 g/mol. The molecular weight excluding hydrogens is 341 g/mol. The fraction of sp³-hybridized carbons (Fsp3) is 0.600. The fourth-order valence-electron chi connectivity index (χ4n) is 4.39. The molecule has 1 saturated carbocycles. The molecule has 0 N–H and O–H groups in total. The Morgan fingerprint density at radius 2 is 1.81 bits per heavy atom. The van der Waals surface area contributed by atoms with Crippen molar-refractivity contribution < 1.29 is 17.9 Å². The first-order chi connectivity index (χ1) is 12.4. The minimum Gasteiger partial charge on any atom is -0.385 e. The summed E-state index contributed by atoms with van der Waals surface area (Å²) in [5, 5.41) is 0. The van der Waals surface area contributed by atoms with E-state index in [1.807, 2.05) is 0 Å². The van der Waals surface area contributed by atoms with Crippen LogP contribution in [-0.4, -0.2) is 23.7 Å². The summed E-state index contributed by atoms with van der Waals surface area (Å²) in [6, 6.07) is 2.79. The Morgan fingerprint density at radius 3 is 2.50 bits per heavy atom. The van der Waals surface area contributed by atoms with E-state index in [9.17, 15) is 13.2 Å². The van der Waals surface area contributed by atoms with Gasteiger partial charge in [-0.25, -0.2) is 0 Å². The molecule has 1 heterocycles. The van der Waals surface area contributed by atoms with Crippen molar-refractivity contribution in [1.82, 2.24) is 9.97 Å². The van der Waals surface area contributed by atoms with Crippen molar-refractivity contribution in [3.05, 3.63) is 35.7 Å². The highest BCUT2D eigenvalue weighted by Crippen LogP contribution is 2.44. The van der Waals surface area contributed by atoms with Crippen LogP contribution in [0.4, 0.5) is 13.2 Å². The maximum absolute atomic E-state index is 13.3. The summed E-state index contributed by atoms with van der Waals surface area (Å²) in [5.41, 5.74) is 0.568. The van der Waals surface area contributed by atoms with Crippen LogP contribution >= 0.6 is 0 Å². The smallest absolute Gasteiger partial charge is 0.385 e. The maximum Gasteiger partial charge on any atom is 0.418 e. The van der Waals surface area contributed by atoms with Crippen molar-refractivity contribution in [1.29, 1.82) is 0 Å². The lowest BCUT2D eigenvalue weighted by Gasteiger charge is -2.34. The lowest BCUT2D eigenvalue weighted by molar-refractivity contribution is -0.136. The summed E-state index contributed by atoms with van der Waals surface area (Å²) >= 11 is 0. The Kier molecular flexibility index (Phi) is 5.80. The second-order valence-corrected chi connectivity index (χ2v) is 7.46. The lowest BCUT2D eigenvalue weighted by atomic mass is 9.71. The summed E-state index contributed by atoms with van der Waals surface area (Å²) < 4.78 is 45.1. The maximum atomic E-state index is 13.3. The second kappa shape index (κ2) is 7.91. The molecule has 3 atom stereocenters. The standard InChI is InChI=1S/C20H25F3N2O/c1-13-10-14(4-3-9-26-2)12-15(11-13)16-5-6-17(20(21,22)23)19-18(16)24-7-8-25-19/h5-8,13-15H,3-4,9-12H2,1-2H3/t13-,14+,15-/m1/s1. The summed E-state index contributed by atoms with van der Waals surface area (Å²) in [5.74, 6) is 1.36. The number of ether oxygens (including phenoxy) is 1. The van der Waals surface area contributed by atoms with E-state index in [1.165, 1.54) is 24.9 Å². The van der Waals surface area contributed by atoms with Gasteiger partial charge < -0.3 is 4.74 Å². The molecule has 3 nitrogen and oxygen atoms in total. The quantitative estimate of drug-likeness (QED) is 0.647. The van der Waals surface area contributed by atoms with Gasteiger partial charge in [-0.05, 0) is 61.5 Å². The number of hydrogen-bond acceptors (Lipinski definition) is 3. The van der Waals surface area contributed by atoms with Crippen LogP contribution in [-0.2, 0) is 10.9 Å². The van der Waals surface area contributed by atoms with Crippen LogP contribution in [0.25, 0.3) is 11.0 Å². The number of rotatable bonds is 5. The zero-order valence-electron chi connectivity index (χ0n) is 15.2. The van der Waals surface area contributed by atoms with Gasteiger partial charge in [0.1, 0.15) is 5.52 Å². The van der Waals surface area contributed by atoms with Gasteiger partial charge in [-0.3, -0.25) is 9.97 Å². The van der Waals surface area contributed by atoms with Gasteiger partial charge in [0.05, 0.1) is 11.1 Å². The Hall–Kier alpha value is -1.69. The van der Waals surface area contributed by atoms with Crippen molar-refractivity contribution in [3.8, 4) is 0 Å². The third kappa shape index (κ3) is 4.17. The minimum atomic E-state index is -4.42. The number of halogens is 3. The van der Waals surface area contributed by atoms with Crippen molar-refractivity contribution in [2.24, 2.45) is 11.8 Å². The first kappa shape index (κ1) is 19.1. The molecule has 0 saturated heterocycles. The van der Waals surface area contributed by atoms with Crippen LogP contribution in [0.15, 0.2) is 24.5 Å². The van der Waals surface area contributed by atoms with Gasteiger partial charge in [0, 0.05) is 26.1 Å². The van der Waals surface area contributed by atoms with Gasteiger partial charge in [-0.2, -0.15) is 13.2 Å². The molecule has 0 unspecified atom stereocenters. The van der Waals surface area contributed by atoms with Gasteiger partial charge in [0.15, 0.2) is 0 Å². The minimum absolute atomic E-state index is 0.0355. The first-order valence-corrected chi connectivity index (χ1v) is 9.20. The number of methoxy groups -OCH3 is 1. The topological polar surface area (TPSA) is 35.0 Å². The Balaban J connectivity index is 1.92. The lowest BCUT2D eigenvalue weighted by Crippen LogP contribution is -2.21. The van der Waals surface area contributed by atoms with E-state index >= 15 is 0 Å². The van der Waals surface area contributed by atoms with Crippen molar-refractivity contribution in [2.75, 3.05) is 13.7 Å². The number of nitrogens with zero attached hydrogens (tertiary/aromatic N) is 2. The number of hydrogen-bond donors (Lipinski definition) is 0. The second-order valence-electron chi connectivity index (χ2n) is 7.46. The van der Waals surface area contributed by atoms with E-state index in [0.29, 0.717) is 17.4 Å². The monoisotopic (exact) mass is 366 g/mol. The highest BCUT2D eigenvalue weighted by molar-refractivity contribution is 5.82. The third-order valence-electron chi connectivity index (χ3n) is 5.40. The molecule has 0 amide bonds.